The van der Waals surface area contributed by atoms with Crippen molar-refractivity contribution in [1.82, 2.24) is 5.32 Å². The predicted molar refractivity (Wildman–Crippen MR) is 369 cm³/mol. The SMILES string of the molecule is CC/C=C\C/C=C\C/C=C\C/C=C\C/C=C\C/C=C\C/C=C\CCCCCCCCCCCCCCCC(=O)NC(COC1OC(CO)C(OC2OC(CO)C(OC3OC(CO)C(O)C(O)C3O)C(O)C2O)C(O)C1O)C(O)/C=C/CC/C=C/CCCCCCCCCC. The second kappa shape index (κ2) is 55.3. The highest BCUT2D eigenvalue weighted by Crippen LogP contribution is 2.33. The van der Waals surface area contributed by atoms with E-state index in [1.165, 1.54) is 96.3 Å². The fourth-order valence-electron chi connectivity index (χ4n) is 11.5. The molecular formula is C75H127NO18. The Morgan fingerprint density at radius 1 is 0.394 bits per heavy atom. The molecule has 19 heteroatoms. The lowest BCUT2D eigenvalue weighted by Crippen LogP contribution is -2.66. The summed E-state index contributed by atoms with van der Waals surface area (Å²) in [7, 11) is 0. The summed E-state index contributed by atoms with van der Waals surface area (Å²) in [6, 6.07) is -0.996. The molecule has 94 heavy (non-hydrogen) atoms. The third-order valence-electron chi connectivity index (χ3n) is 17.3. The van der Waals surface area contributed by atoms with Crippen LogP contribution in [0.3, 0.4) is 0 Å². The van der Waals surface area contributed by atoms with E-state index in [-0.39, 0.29) is 18.9 Å². The van der Waals surface area contributed by atoms with Gasteiger partial charge in [0.15, 0.2) is 18.9 Å². The van der Waals surface area contributed by atoms with Crippen molar-refractivity contribution in [3.8, 4) is 0 Å². The van der Waals surface area contributed by atoms with Gasteiger partial charge in [0.2, 0.25) is 5.91 Å². The highest BCUT2D eigenvalue weighted by atomic mass is 16.8. The van der Waals surface area contributed by atoms with Crippen molar-refractivity contribution in [2.75, 3.05) is 26.4 Å². The maximum atomic E-state index is 13.4. The first-order valence-corrected chi connectivity index (χ1v) is 36.1. The third kappa shape index (κ3) is 36.3. The molecule has 0 saturated carbocycles. The number of unbranched alkanes of at least 4 members (excludes halogenated alkanes) is 22. The van der Waals surface area contributed by atoms with Gasteiger partial charge in [-0.15, -0.1) is 0 Å². The number of hydrogen-bond acceptors (Lipinski definition) is 18. The van der Waals surface area contributed by atoms with Crippen molar-refractivity contribution in [2.45, 2.75) is 330 Å². The van der Waals surface area contributed by atoms with Crippen molar-refractivity contribution in [3.63, 3.8) is 0 Å². The molecule has 0 aromatic carbocycles. The molecule has 17 atom stereocenters. The first kappa shape index (κ1) is 84.7. The zero-order chi connectivity index (χ0) is 68.2. The topological polar surface area (TPSA) is 307 Å². The van der Waals surface area contributed by atoms with Crippen LogP contribution in [0.1, 0.15) is 226 Å². The highest BCUT2D eigenvalue weighted by Gasteiger charge is 2.53. The van der Waals surface area contributed by atoms with E-state index in [0.717, 1.165) is 96.3 Å². The molecule has 3 aliphatic rings. The molecule has 0 spiro atoms. The summed E-state index contributed by atoms with van der Waals surface area (Å²) in [4.78, 5) is 13.4. The first-order valence-electron chi connectivity index (χ1n) is 36.1. The van der Waals surface area contributed by atoms with Crippen molar-refractivity contribution < 1.29 is 89.4 Å². The Hall–Kier alpha value is -3.55. The van der Waals surface area contributed by atoms with Crippen LogP contribution in [0, 0.1) is 0 Å². The minimum Gasteiger partial charge on any atom is -0.394 e. The largest absolute Gasteiger partial charge is 0.394 e. The van der Waals surface area contributed by atoms with Crippen molar-refractivity contribution >= 4 is 5.91 Å². The molecule has 12 N–H and O–H groups in total. The highest BCUT2D eigenvalue weighted by molar-refractivity contribution is 5.76. The lowest BCUT2D eigenvalue weighted by atomic mass is 9.96. The smallest absolute Gasteiger partial charge is 0.220 e. The second-order valence-corrected chi connectivity index (χ2v) is 25.3. The van der Waals surface area contributed by atoms with Gasteiger partial charge in [0.05, 0.1) is 38.6 Å². The third-order valence-corrected chi connectivity index (χ3v) is 17.3. The molecule has 3 aliphatic heterocycles. The molecule has 0 aliphatic carbocycles. The Labute approximate surface area is 564 Å². The number of carbonyl (C=O) groups excluding carboxylic acids is 1. The van der Waals surface area contributed by atoms with Crippen molar-refractivity contribution in [2.24, 2.45) is 0 Å². The summed E-state index contributed by atoms with van der Waals surface area (Å²) in [6.45, 7) is 1.57. The van der Waals surface area contributed by atoms with Gasteiger partial charge in [-0.1, -0.05) is 239 Å². The van der Waals surface area contributed by atoms with Gasteiger partial charge >= 0.3 is 0 Å². The van der Waals surface area contributed by atoms with E-state index in [1.54, 1.807) is 6.08 Å². The summed E-state index contributed by atoms with van der Waals surface area (Å²) in [5.41, 5.74) is 0. The zero-order valence-corrected chi connectivity index (χ0v) is 57.1. The Morgan fingerprint density at radius 2 is 0.745 bits per heavy atom. The minimum absolute atomic E-state index is 0.228. The quantitative estimate of drug-likeness (QED) is 0.0199. The second-order valence-electron chi connectivity index (χ2n) is 25.3. The fourth-order valence-corrected chi connectivity index (χ4v) is 11.5. The Bertz CT molecular complexity index is 2130. The zero-order valence-electron chi connectivity index (χ0n) is 57.1. The monoisotopic (exact) mass is 1330 g/mol. The van der Waals surface area contributed by atoms with Crippen LogP contribution in [0.4, 0.5) is 0 Å². The number of hydrogen-bond donors (Lipinski definition) is 12. The predicted octanol–water partition coefficient (Wildman–Crippen LogP) is 10.2. The van der Waals surface area contributed by atoms with Crippen LogP contribution in [0.2, 0.25) is 0 Å². The van der Waals surface area contributed by atoms with E-state index < -0.39 is 124 Å². The van der Waals surface area contributed by atoms with E-state index in [9.17, 15) is 61.0 Å². The van der Waals surface area contributed by atoms with Gasteiger partial charge in [0.1, 0.15) is 73.2 Å². The summed E-state index contributed by atoms with van der Waals surface area (Å²) >= 11 is 0. The number of amides is 1. The fraction of sp³-hybridized carbons (Fsp3) is 0.747. The number of rotatable bonds is 54. The van der Waals surface area contributed by atoms with E-state index in [4.69, 9.17) is 28.4 Å². The minimum atomic E-state index is -1.98. The van der Waals surface area contributed by atoms with E-state index in [0.29, 0.717) is 12.8 Å². The van der Waals surface area contributed by atoms with Gasteiger partial charge in [0, 0.05) is 6.42 Å². The molecule has 3 saturated heterocycles. The maximum absolute atomic E-state index is 13.4. The lowest BCUT2D eigenvalue weighted by Gasteiger charge is -2.48. The lowest BCUT2D eigenvalue weighted by molar-refractivity contribution is -0.379. The number of aliphatic hydroxyl groups is 11. The molecule has 3 heterocycles. The number of allylic oxidation sites excluding steroid dienone is 17. The van der Waals surface area contributed by atoms with Gasteiger partial charge < -0.3 is 89.9 Å². The molecule has 1 amide bonds. The molecule has 3 fully saturated rings. The Balaban J connectivity index is 1.36. The molecule has 19 nitrogen and oxygen atoms in total. The average molecular weight is 1330 g/mol. The molecule has 17 unspecified atom stereocenters. The molecule has 0 radical (unpaired) electrons. The summed E-state index contributed by atoms with van der Waals surface area (Å²) in [5.74, 6) is -0.291. The molecule has 0 aromatic heterocycles. The molecular weight excluding hydrogens is 1200 g/mol. The van der Waals surface area contributed by atoms with E-state index in [2.05, 4.69) is 116 Å². The molecule has 0 bridgehead atoms. The van der Waals surface area contributed by atoms with E-state index in [1.807, 2.05) is 6.08 Å². The van der Waals surface area contributed by atoms with Gasteiger partial charge in [-0.05, 0) is 89.9 Å². The van der Waals surface area contributed by atoms with Crippen LogP contribution >= 0.6 is 0 Å². The van der Waals surface area contributed by atoms with Gasteiger partial charge in [0.25, 0.3) is 0 Å². The number of ether oxygens (including phenoxy) is 6. The maximum Gasteiger partial charge on any atom is 0.220 e. The van der Waals surface area contributed by atoms with Crippen molar-refractivity contribution in [3.05, 3.63) is 109 Å². The Morgan fingerprint density at radius 3 is 1.19 bits per heavy atom. The van der Waals surface area contributed by atoms with Crippen LogP contribution in [-0.4, -0.2) is 193 Å². The summed E-state index contributed by atoms with van der Waals surface area (Å²) in [6.07, 6.45) is 47.9. The van der Waals surface area contributed by atoms with Gasteiger partial charge in [-0.25, -0.2) is 0 Å². The van der Waals surface area contributed by atoms with Crippen molar-refractivity contribution in [1.29, 1.82) is 0 Å². The normalized spacial score (nSPS) is 28.0. The van der Waals surface area contributed by atoms with Crippen LogP contribution in [0.25, 0.3) is 0 Å². The first-order chi connectivity index (χ1) is 45.8. The van der Waals surface area contributed by atoms with E-state index >= 15 is 0 Å². The molecule has 0 aromatic rings. The summed E-state index contributed by atoms with van der Waals surface area (Å²) < 4.78 is 34.3. The van der Waals surface area contributed by atoms with Crippen LogP contribution in [-0.2, 0) is 33.2 Å². The van der Waals surface area contributed by atoms with Crippen LogP contribution in [0.15, 0.2) is 109 Å². The Kier molecular flexibility index (Phi) is 49.9. The molecule has 540 valence electrons. The molecule has 3 rings (SSSR count). The number of nitrogens with one attached hydrogen (secondary N) is 1. The standard InChI is InChI=1S/C75H127NO18/c1-3-5-7-9-11-13-15-17-19-20-21-22-23-24-25-26-27-28-29-30-31-32-33-34-35-36-37-38-39-41-43-45-47-49-51-53-63(81)76-58(59(80)52-50-48-46-44-42-40-18-16-14-12-10-8-6-4-2)57-89-73-69(87)66(84)71(61(55-78)91-73)94-75-70(88)67(85)72(62(56-79)92-75)93-74-68(86)65(83)64(82)60(54-77)90-74/h5,7,11,13,17,19,21-22,24-25,27-28,30-31,42,44,50,52,58-62,64-75,77-80,82-88H,3-4,6,8-10,12,14-16,18,20,23,26,29,32-41,43,45-49,51,53-57H2,1-2H3,(H,76,81)/b7-5-,13-11-,19-17-,22-21-,25-24-,28-27-,31-30-,44-42+,52-50+. The van der Waals surface area contributed by atoms with Gasteiger partial charge in [-0.3, -0.25) is 4.79 Å². The number of carbonyl (C=O) groups is 1. The van der Waals surface area contributed by atoms with Crippen LogP contribution < -0.4 is 5.32 Å². The van der Waals surface area contributed by atoms with Gasteiger partial charge in [-0.2, -0.15) is 0 Å². The average Bonchev–Trinajstić information content (AvgIpc) is 0.792. The van der Waals surface area contributed by atoms with Crippen LogP contribution in [0.5, 0.6) is 0 Å². The summed E-state index contributed by atoms with van der Waals surface area (Å²) in [5, 5.41) is 120. The number of aliphatic hydroxyl groups excluding tert-OH is 11.